The number of carbonyl (C=O) groups is 1. The van der Waals surface area contributed by atoms with Gasteiger partial charge in [0.25, 0.3) is 0 Å². The summed E-state index contributed by atoms with van der Waals surface area (Å²) < 4.78 is 0. The summed E-state index contributed by atoms with van der Waals surface area (Å²) in [5.41, 5.74) is 2.18. The molecule has 3 nitrogen and oxygen atoms in total. The highest BCUT2D eigenvalue weighted by molar-refractivity contribution is 5.93. The minimum Gasteiger partial charge on any atom is -0.336 e. The number of nitrogens with one attached hydrogen (secondary N) is 1. The lowest BCUT2D eigenvalue weighted by molar-refractivity contribution is 0.252. The average Bonchev–Trinajstić information content (AvgIpc) is 2.69. The molecule has 0 radical (unpaired) electrons. The summed E-state index contributed by atoms with van der Waals surface area (Å²) in [5, 5.41) is 2.77. The summed E-state index contributed by atoms with van der Waals surface area (Å²) in [7, 11) is 0. The van der Waals surface area contributed by atoms with Gasteiger partial charge in [-0.05, 0) is 19.1 Å². The van der Waals surface area contributed by atoms with Crippen LogP contribution < -0.4 is 10.2 Å². The zero-order valence-corrected chi connectivity index (χ0v) is 9.58. The van der Waals surface area contributed by atoms with Gasteiger partial charge in [-0.25, -0.2) is 4.79 Å². The lowest BCUT2D eigenvalue weighted by Crippen LogP contribution is -2.27. The van der Waals surface area contributed by atoms with E-state index < -0.39 is 0 Å². The Bertz CT molecular complexity index is 319. The molecule has 15 heavy (non-hydrogen) atoms. The number of rotatable bonds is 1. The summed E-state index contributed by atoms with van der Waals surface area (Å²) in [5.74, 6) is 0. The van der Waals surface area contributed by atoms with Gasteiger partial charge in [0.1, 0.15) is 0 Å². The summed E-state index contributed by atoms with van der Waals surface area (Å²) in [4.78, 5) is 13.0. The molecule has 1 aromatic carbocycles. The molecular formula is C12H18N2O. The third kappa shape index (κ3) is 2.72. The summed E-state index contributed by atoms with van der Waals surface area (Å²) >= 11 is 0. The first-order chi connectivity index (χ1) is 7.27. The first kappa shape index (κ1) is 11.6. The molecule has 82 valence electrons. The normalized spacial score (nSPS) is 14.3. The number of carbonyl (C=O) groups excluding carboxylic acids is 1. The van der Waals surface area contributed by atoms with Crippen LogP contribution in [0, 0.1) is 6.92 Å². The van der Waals surface area contributed by atoms with E-state index in [-0.39, 0.29) is 6.03 Å². The van der Waals surface area contributed by atoms with E-state index in [0.29, 0.717) is 0 Å². The van der Waals surface area contributed by atoms with E-state index >= 15 is 0 Å². The molecule has 0 unspecified atom stereocenters. The number of urea groups is 1. The van der Waals surface area contributed by atoms with Gasteiger partial charge in [0.05, 0.1) is 0 Å². The fourth-order valence-electron chi connectivity index (χ4n) is 1.44. The number of hydrogen-bond acceptors (Lipinski definition) is 1. The number of hydrogen-bond donors (Lipinski definition) is 1. The van der Waals surface area contributed by atoms with Crippen LogP contribution in [0.5, 0.6) is 0 Å². The second-order valence-corrected chi connectivity index (χ2v) is 3.22. The molecule has 0 spiro atoms. The van der Waals surface area contributed by atoms with Crippen LogP contribution in [0.2, 0.25) is 0 Å². The smallest absolute Gasteiger partial charge is 0.321 e. The van der Waals surface area contributed by atoms with Crippen LogP contribution in [-0.2, 0) is 0 Å². The topological polar surface area (TPSA) is 32.3 Å². The molecule has 0 aliphatic carbocycles. The Morgan fingerprint density at radius 1 is 1.20 bits per heavy atom. The second kappa shape index (κ2) is 5.39. The predicted octanol–water partition coefficient (Wildman–Crippen LogP) is 2.55. The van der Waals surface area contributed by atoms with Gasteiger partial charge in [-0.15, -0.1) is 0 Å². The van der Waals surface area contributed by atoms with Gasteiger partial charge in [0.15, 0.2) is 0 Å². The van der Waals surface area contributed by atoms with Crippen molar-refractivity contribution in [3.63, 3.8) is 0 Å². The Morgan fingerprint density at radius 2 is 1.80 bits per heavy atom. The molecule has 2 rings (SSSR count). The molecule has 0 saturated carbocycles. The van der Waals surface area contributed by atoms with E-state index in [1.807, 2.05) is 45.0 Å². The van der Waals surface area contributed by atoms with Crippen molar-refractivity contribution in [1.29, 1.82) is 0 Å². The van der Waals surface area contributed by atoms with Crippen LogP contribution in [0.15, 0.2) is 24.3 Å². The maximum Gasteiger partial charge on any atom is 0.321 e. The molecule has 1 aliphatic rings. The van der Waals surface area contributed by atoms with Crippen molar-refractivity contribution >= 4 is 11.7 Å². The molecular weight excluding hydrogens is 188 g/mol. The highest BCUT2D eigenvalue weighted by Gasteiger charge is 2.20. The molecule has 0 atom stereocenters. The van der Waals surface area contributed by atoms with Crippen molar-refractivity contribution in [2.75, 3.05) is 18.0 Å². The van der Waals surface area contributed by atoms with Gasteiger partial charge in [-0.3, -0.25) is 4.90 Å². The first-order valence-electron chi connectivity index (χ1n) is 5.39. The fourth-order valence-corrected chi connectivity index (χ4v) is 1.44. The second-order valence-electron chi connectivity index (χ2n) is 3.22. The number of aryl methyl sites for hydroxylation is 1. The van der Waals surface area contributed by atoms with Crippen molar-refractivity contribution in [2.24, 2.45) is 0 Å². The molecule has 1 fully saturated rings. The largest absolute Gasteiger partial charge is 0.336 e. The van der Waals surface area contributed by atoms with E-state index in [2.05, 4.69) is 5.32 Å². The number of amides is 2. The first-order valence-corrected chi connectivity index (χ1v) is 5.39. The van der Waals surface area contributed by atoms with Crippen molar-refractivity contribution < 1.29 is 4.79 Å². The van der Waals surface area contributed by atoms with Gasteiger partial charge in [0.2, 0.25) is 0 Å². The quantitative estimate of drug-likeness (QED) is 0.752. The van der Waals surface area contributed by atoms with Crippen LogP contribution in [0.3, 0.4) is 0 Å². The summed E-state index contributed by atoms with van der Waals surface area (Å²) in [6.07, 6.45) is 0. The molecule has 0 aromatic heterocycles. The lowest BCUT2D eigenvalue weighted by Gasteiger charge is -2.13. The molecule has 1 heterocycles. The minimum absolute atomic E-state index is 0.00357. The van der Waals surface area contributed by atoms with Crippen LogP contribution in [0.1, 0.15) is 19.4 Å². The third-order valence-corrected chi connectivity index (χ3v) is 2.20. The summed E-state index contributed by atoms with van der Waals surface area (Å²) in [6, 6.07) is 7.98. The van der Waals surface area contributed by atoms with Crippen LogP contribution in [-0.4, -0.2) is 19.1 Å². The Balaban J connectivity index is 0.000000531. The Morgan fingerprint density at radius 3 is 2.27 bits per heavy atom. The molecule has 1 aliphatic heterocycles. The monoisotopic (exact) mass is 206 g/mol. The molecule has 1 saturated heterocycles. The van der Waals surface area contributed by atoms with Gasteiger partial charge in [0, 0.05) is 18.8 Å². The maximum absolute atomic E-state index is 11.3. The van der Waals surface area contributed by atoms with Crippen molar-refractivity contribution in [1.82, 2.24) is 5.32 Å². The maximum atomic E-state index is 11.3. The molecule has 1 N–H and O–H groups in total. The summed E-state index contributed by atoms with van der Waals surface area (Å²) in [6.45, 7) is 7.54. The lowest BCUT2D eigenvalue weighted by atomic mass is 10.2. The SMILES string of the molecule is CC.Cc1ccc(N2CCNC2=O)cc1. The van der Waals surface area contributed by atoms with E-state index in [4.69, 9.17) is 0 Å². The van der Waals surface area contributed by atoms with Gasteiger partial charge >= 0.3 is 6.03 Å². The Kier molecular flexibility index (Phi) is 4.16. The third-order valence-electron chi connectivity index (χ3n) is 2.20. The predicted molar refractivity (Wildman–Crippen MR) is 63.3 cm³/mol. The Labute approximate surface area is 91.1 Å². The van der Waals surface area contributed by atoms with Gasteiger partial charge in [-0.2, -0.15) is 0 Å². The van der Waals surface area contributed by atoms with E-state index in [0.717, 1.165) is 18.8 Å². The van der Waals surface area contributed by atoms with Crippen LogP contribution in [0.4, 0.5) is 10.5 Å². The van der Waals surface area contributed by atoms with Crippen LogP contribution >= 0.6 is 0 Å². The van der Waals surface area contributed by atoms with Crippen molar-refractivity contribution in [3.8, 4) is 0 Å². The fraction of sp³-hybridized carbons (Fsp3) is 0.417. The zero-order valence-electron chi connectivity index (χ0n) is 9.58. The average molecular weight is 206 g/mol. The van der Waals surface area contributed by atoms with E-state index in [1.54, 1.807) is 4.90 Å². The zero-order chi connectivity index (χ0) is 11.3. The van der Waals surface area contributed by atoms with E-state index in [9.17, 15) is 4.79 Å². The molecule has 1 aromatic rings. The van der Waals surface area contributed by atoms with Crippen LogP contribution in [0.25, 0.3) is 0 Å². The number of benzene rings is 1. The number of anilines is 1. The minimum atomic E-state index is 0.00357. The molecule has 0 bridgehead atoms. The highest BCUT2D eigenvalue weighted by atomic mass is 16.2. The van der Waals surface area contributed by atoms with Gasteiger partial charge in [-0.1, -0.05) is 31.5 Å². The number of nitrogens with zero attached hydrogens (tertiary/aromatic N) is 1. The Hall–Kier alpha value is -1.51. The molecule has 2 amide bonds. The van der Waals surface area contributed by atoms with E-state index in [1.165, 1.54) is 5.56 Å². The van der Waals surface area contributed by atoms with Gasteiger partial charge < -0.3 is 5.32 Å². The van der Waals surface area contributed by atoms with Crippen molar-refractivity contribution in [2.45, 2.75) is 20.8 Å². The molecule has 3 heteroatoms. The van der Waals surface area contributed by atoms with Crippen molar-refractivity contribution in [3.05, 3.63) is 29.8 Å². The standard InChI is InChI=1S/C10H12N2O.C2H6/c1-8-2-4-9(5-3-8)12-7-6-11-10(12)13;1-2/h2-5H,6-7H2,1H3,(H,11,13);1-2H3. The highest BCUT2D eigenvalue weighted by Crippen LogP contribution is 2.16.